The summed E-state index contributed by atoms with van der Waals surface area (Å²) in [5.41, 5.74) is 2.62. The molecule has 0 spiro atoms. The van der Waals surface area contributed by atoms with Crippen LogP contribution in [-0.4, -0.2) is 67.3 Å². The Labute approximate surface area is 232 Å². The van der Waals surface area contributed by atoms with Gasteiger partial charge in [0, 0.05) is 42.4 Å². The Kier molecular flexibility index (Phi) is 7.49. The van der Waals surface area contributed by atoms with Crippen LogP contribution in [0.5, 0.6) is 5.88 Å². The molecule has 1 N–H and O–H groups in total. The lowest BCUT2D eigenvalue weighted by Gasteiger charge is -2.38. The average Bonchev–Trinajstić information content (AvgIpc) is 3.28. The Balaban J connectivity index is 1.45. The summed E-state index contributed by atoms with van der Waals surface area (Å²) < 4.78 is 30.9. The Hall–Kier alpha value is -3.28. The molecule has 1 unspecified atom stereocenters. The fourth-order valence-corrected chi connectivity index (χ4v) is 5.39. The first-order valence-corrected chi connectivity index (χ1v) is 13.0. The van der Waals surface area contributed by atoms with E-state index in [-0.39, 0.29) is 48.5 Å². The number of halogens is 4. The van der Waals surface area contributed by atoms with E-state index < -0.39 is 18.7 Å². The van der Waals surface area contributed by atoms with E-state index in [1.807, 2.05) is 6.92 Å². The molecule has 2 amide bonds. The lowest BCUT2D eigenvalue weighted by molar-refractivity contribution is -0.0528. The molecule has 206 valence electrons. The van der Waals surface area contributed by atoms with E-state index in [0.717, 1.165) is 0 Å². The molecule has 39 heavy (non-hydrogen) atoms. The number of aliphatic hydroxyl groups excluding tert-OH is 1. The number of amides is 2. The standard InChI is InChI=1S/C26H25Cl2F2N5O4/c1-13-7-21-18(11-33(13)24(37)15-3-5-19(27)20(28)8-15)23-25(38)34(10-17(12-36)35(23)32-21)14(2)16-4-6-22(31-9-16)39-26(29)30/h3-6,8-9,13-14,17,26,36H,7,10-12H2,1-2H3/t13-,14?,17+/m1/s1. The second kappa shape index (κ2) is 10.7. The summed E-state index contributed by atoms with van der Waals surface area (Å²) in [5.74, 6) is -0.798. The van der Waals surface area contributed by atoms with Crippen LogP contribution in [0, 0.1) is 0 Å². The van der Waals surface area contributed by atoms with Crippen LogP contribution in [-0.2, 0) is 13.0 Å². The molecule has 0 fully saturated rings. The van der Waals surface area contributed by atoms with Gasteiger partial charge in [-0.3, -0.25) is 14.3 Å². The molecule has 5 rings (SSSR count). The van der Waals surface area contributed by atoms with Gasteiger partial charge in [0.25, 0.3) is 11.8 Å². The van der Waals surface area contributed by atoms with Gasteiger partial charge in [-0.1, -0.05) is 29.3 Å². The van der Waals surface area contributed by atoms with Gasteiger partial charge in [0.15, 0.2) is 0 Å². The second-order valence-electron chi connectivity index (χ2n) is 9.61. The van der Waals surface area contributed by atoms with E-state index in [4.69, 9.17) is 23.2 Å². The zero-order chi connectivity index (χ0) is 28.0. The lowest BCUT2D eigenvalue weighted by Crippen LogP contribution is -2.46. The number of rotatable bonds is 6. The molecule has 1 aromatic carbocycles. The number of hydrogen-bond acceptors (Lipinski definition) is 6. The number of carbonyl (C=O) groups is 2. The molecule has 0 saturated heterocycles. The number of alkyl halides is 2. The van der Waals surface area contributed by atoms with Gasteiger partial charge >= 0.3 is 6.61 Å². The van der Waals surface area contributed by atoms with E-state index in [1.54, 1.807) is 39.6 Å². The van der Waals surface area contributed by atoms with Crippen molar-refractivity contribution < 1.29 is 28.2 Å². The highest BCUT2D eigenvalue weighted by Gasteiger charge is 2.41. The largest absolute Gasteiger partial charge is 0.417 e. The molecule has 2 aliphatic heterocycles. The molecule has 3 atom stereocenters. The molecule has 2 aliphatic rings. The predicted molar refractivity (Wildman–Crippen MR) is 138 cm³/mol. The molecule has 0 bridgehead atoms. The molecule has 4 heterocycles. The van der Waals surface area contributed by atoms with E-state index >= 15 is 0 Å². The van der Waals surface area contributed by atoms with Gasteiger partial charge in [-0.15, -0.1) is 0 Å². The van der Waals surface area contributed by atoms with E-state index in [2.05, 4.69) is 14.8 Å². The molecular weight excluding hydrogens is 555 g/mol. The maximum absolute atomic E-state index is 13.9. The third kappa shape index (κ3) is 5.06. The van der Waals surface area contributed by atoms with Crippen LogP contribution in [0.2, 0.25) is 10.0 Å². The van der Waals surface area contributed by atoms with Gasteiger partial charge in [-0.25, -0.2) is 4.98 Å². The number of pyridine rings is 1. The fraction of sp³-hybridized carbons (Fsp3) is 0.385. The number of nitrogens with zero attached hydrogens (tertiary/aromatic N) is 5. The SMILES string of the molecule is CC(c1ccc(OC(F)F)nc1)N1C[C@@H](CO)n2nc3c(c2C1=O)CN(C(=O)c1ccc(Cl)c(Cl)c1)[C@H](C)C3. The van der Waals surface area contributed by atoms with Crippen LogP contribution in [0.15, 0.2) is 36.5 Å². The summed E-state index contributed by atoms with van der Waals surface area (Å²) in [6.07, 6.45) is 1.81. The van der Waals surface area contributed by atoms with Crippen LogP contribution in [0.1, 0.15) is 63.6 Å². The van der Waals surface area contributed by atoms with Gasteiger partial charge in [-0.05, 0) is 37.6 Å². The van der Waals surface area contributed by atoms with Crippen molar-refractivity contribution in [1.29, 1.82) is 0 Å². The minimum Gasteiger partial charge on any atom is -0.417 e. The minimum absolute atomic E-state index is 0.151. The van der Waals surface area contributed by atoms with Crippen molar-refractivity contribution in [3.63, 3.8) is 0 Å². The van der Waals surface area contributed by atoms with Crippen molar-refractivity contribution >= 4 is 35.0 Å². The monoisotopic (exact) mass is 579 g/mol. The van der Waals surface area contributed by atoms with Crippen molar-refractivity contribution in [2.45, 2.75) is 51.6 Å². The van der Waals surface area contributed by atoms with Gasteiger partial charge in [0.1, 0.15) is 5.69 Å². The summed E-state index contributed by atoms with van der Waals surface area (Å²) in [4.78, 5) is 34.4. The smallest absolute Gasteiger partial charge is 0.388 e. The zero-order valence-electron chi connectivity index (χ0n) is 21.0. The van der Waals surface area contributed by atoms with Gasteiger partial charge in [0.2, 0.25) is 5.88 Å². The Morgan fingerprint density at radius 3 is 2.64 bits per heavy atom. The number of fused-ring (bicyclic) bond motifs is 3. The van der Waals surface area contributed by atoms with E-state index in [9.17, 15) is 23.5 Å². The molecule has 9 nitrogen and oxygen atoms in total. The first kappa shape index (κ1) is 27.3. The number of carbonyl (C=O) groups excluding carboxylic acids is 2. The Morgan fingerprint density at radius 1 is 1.23 bits per heavy atom. The summed E-state index contributed by atoms with van der Waals surface area (Å²) >= 11 is 12.2. The van der Waals surface area contributed by atoms with E-state index in [1.165, 1.54) is 18.3 Å². The number of hydrogen-bond donors (Lipinski definition) is 1. The zero-order valence-corrected chi connectivity index (χ0v) is 22.5. The summed E-state index contributed by atoms with van der Waals surface area (Å²) in [6, 6.07) is 6.37. The molecule has 0 radical (unpaired) electrons. The maximum atomic E-state index is 13.9. The normalized spacial score (nSPS) is 19.6. The molecule has 2 aromatic heterocycles. The van der Waals surface area contributed by atoms with Crippen molar-refractivity contribution in [3.8, 4) is 5.88 Å². The number of aliphatic hydroxyl groups is 1. The molecule has 3 aromatic rings. The molecule has 0 aliphatic carbocycles. The predicted octanol–water partition coefficient (Wildman–Crippen LogP) is 4.52. The highest BCUT2D eigenvalue weighted by molar-refractivity contribution is 6.42. The second-order valence-corrected chi connectivity index (χ2v) is 10.4. The van der Waals surface area contributed by atoms with Gasteiger partial charge < -0.3 is 19.6 Å². The van der Waals surface area contributed by atoms with Gasteiger partial charge in [-0.2, -0.15) is 13.9 Å². The van der Waals surface area contributed by atoms with Crippen LogP contribution in [0.3, 0.4) is 0 Å². The summed E-state index contributed by atoms with van der Waals surface area (Å²) in [7, 11) is 0. The third-order valence-electron chi connectivity index (χ3n) is 7.21. The number of aromatic nitrogens is 3. The van der Waals surface area contributed by atoms with Crippen molar-refractivity contribution in [1.82, 2.24) is 24.6 Å². The van der Waals surface area contributed by atoms with Crippen LogP contribution < -0.4 is 4.74 Å². The summed E-state index contributed by atoms with van der Waals surface area (Å²) in [5, 5.41) is 15.5. The van der Waals surface area contributed by atoms with Crippen LogP contribution in [0.4, 0.5) is 8.78 Å². The average molecular weight is 580 g/mol. The fourth-order valence-electron chi connectivity index (χ4n) is 5.09. The molecule has 13 heteroatoms. The number of ether oxygens (including phenoxy) is 1. The van der Waals surface area contributed by atoms with Crippen molar-refractivity contribution in [2.24, 2.45) is 0 Å². The Morgan fingerprint density at radius 2 is 2.00 bits per heavy atom. The first-order chi connectivity index (χ1) is 18.6. The van der Waals surface area contributed by atoms with Crippen LogP contribution >= 0.6 is 23.2 Å². The first-order valence-electron chi connectivity index (χ1n) is 12.3. The minimum atomic E-state index is -2.99. The van der Waals surface area contributed by atoms with Crippen molar-refractivity contribution in [2.75, 3.05) is 13.2 Å². The van der Waals surface area contributed by atoms with Crippen LogP contribution in [0.25, 0.3) is 0 Å². The van der Waals surface area contributed by atoms with Gasteiger partial charge in [0.05, 0.1) is 41.0 Å². The topological polar surface area (TPSA) is 101 Å². The quantitative estimate of drug-likeness (QED) is 0.460. The number of benzene rings is 1. The highest BCUT2D eigenvalue weighted by atomic mass is 35.5. The third-order valence-corrected chi connectivity index (χ3v) is 7.95. The lowest BCUT2D eigenvalue weighted by atomic mass is 9.96. The molecule has 0 saturated carbocycles. The maximum Gasteiger partial charge on any atom is 0.388 e. The summed E-state index contributed by atoms with van der Waals surface area (Å²) in [6.45, 7) is 0.777. The van der Waals surface area contributed by atoms with E-state index in [0.29, 0.717) is 39.5 Å². The Bertz CT molecular complexity index is 1420. The molecular formula is C26H25Cl2F2N5O4. The van der Waals surface area contributed by atoms with Crippen molar-refractivity contribution in [3.05, 3.63) is 74.7 Å². The highest BCUT2D eigenvalue weighted by Crippen LogP contribution is 2.35.